The molecule has 18 heavy (non-hydrogen) atoms. The highest BCUT2D eigenvalue weighted by Gasteiger charge is 2.02. The molecular weight excluding hydrogens is 226 g/mol. The molecule has 0 heterocycles. The van der Waals surface area contributed by atoms with Gasteiger partial charge in [0.2, 0.25) is 5.91 Å². The highest BCUT2D eigenvalue weighted by atomic mass is 16.1. The maximum Gasteiger partial charge on any atom is 0.224 e. The van der Waals surface area contributed by atoms with Crippen molar-refractivity contribution in [1.29, 1.82) is 0 Å². The molecule has 1 aromatic carbocycles. The zero-order chi connectivity index (χ0) is 13.4. The number of benzene rings is 1. The lowest BCUT2D eigenvalue weighted by Crippen LogP contribution is -2.13. The van der Waals surface area contributed by atoms with Crippen LogP contribution in [0.1, 0.15) is 24.8 Å². The van der Waals surface area contributed by atoms with E-state index in [1.54, 1.807) is 0 Å². The fraction of sp³-hybridized carbons (Fsp3) is 0.500. The molecule has 0 spiro atoms. The summed E-state index contributed by atoms with van der Waals surface area (Å²) in [5.41, 5.74) is 7.48. The SMILES string of the molecule is CN(C)Cc1ccc(NC(=O)CCCCN)cc1. The molecule has 0 saturated heterocycles. The van der Waals surface area contributed by atoms with Crippen LogP contribution in [0.2, 0.25) is 0 Å². The van der Waals surface area contributed by atoms with Crippen LogP contribution >= 0.6 is 0 Å². The predicted molar refractivity (Wildman–Crippen MR) is 75.4 cm³/mol. The van der Waals surface area contributed by atoms with E-state index < -0.39 is 0 Å². The van der Waals surface area contributed by atoms with Gasteiger partial charge in [-0.05, 0) is 51.2 Å². The van der Waals surface area contributed by atoms with E-state index in [4.69, 9.17) is 5.73 Å². The average Bonchev–Trinajstić information content (AvgIpc) is 2.31. The van der Waals surface area contributed by atoms with Gasteiger partial charge in [-0.2, -0.15) is 0 Å². The molecule has 100 valence electrons. The minimum absolute atomic E-state index is 0.0591. The number of hydrogen-bond donors (Lipinski definition) is 2. The van der Waals surface area contributed by atoms with Crippen molar-refractivity contribution in [3.05, 3.63) is 29.8 Å². The van der Waals surface area contributed by atoms with Crippen molar-refractivity contribution in [3.8, 4) is 0 Å². The Bertz CT molecular complexity index is 360. The molecule has 0 aromatic heterocycles. The third-order valence-corrected chi connectivity index (χ3v) is 2.59. The van der Waals surface area contributed by atoms with E-state index in [2.05, 4.69) is 10.2 Å². The number of rotatable bonds is 7. The van der Waals surface area contributed by atoms with Crippen molar-refractivity contribution >= 4 is 11.6 Å². The Morgan fingerprint density at radius 1 is 1.22 bits per heavy atom. The van der Waals surface area contributed by atoms with Crippen LogP contribution in [0.4, 0.5) is 5.69 Å². The number of unbranched alkanes of at least 4 members (excludes halogenated alkanes) is 1. The molecule has 4 nitrogen and oxygen atoms in total. The maximum absolute atomic E-state index is 11.6. The summed E-state index contributed by atoms with van der Waals surface area (Å²) < 4.78 is 0. The van der Waals surface area contributed by atoms with Crippen LogP contribution < -0.4 is 11.1 Å². The van der Waals surface area contributed by atoms with Crippen LogP contribution in [-0.2, 0) is 11.3 Å². The fourth-order valence-corrected chi connectivity index (χ4v) is 1.71. The van der Waals surface area contributed by atoms with Crippen LogP contribution in [0.3, 0.4) is 0 Å². The second-order valence-electron chi connectivity index (χ2n) is 4.73. The van der Waals surface area contributed by atoms with E-state index >= 15 is 0 Å². The molecule has 0 aliphatic heterocycles. The normalized spacial score (nSPS) is 10.7. The Balaban J connectivity index is 2.40. The predicted octanol–water partition coefficient (Wildman–Crippen LogP) is 1.82. The van der Waals surface area contributed by atoms with Crippen molar-refractivity contribution in [2.75, 3.05) is 26.0 Å². The Morgan fingerprint density at radius 3 is 2.44 bits per heavy atom. The first-order valence-electron chi connectivity index (χ1n) is 6.35. The molecule has 0 fully saturated rings. The standard InChI is InChI=1S/C14H23N3O/c1-17(2)11-12-6-8-13(9-7-12)16-14(18)5-3-4-10-15/h6-9H,3-5,10-11,15H2,1-2H3,(H,16,18). The summed E-state index contributed by atoms with van der Waals surface area (Å²) in [6.45, 7) is 1.55. The summed E-state index contributed by atoms with van der Waals surface area (Å²) >= 11 is 0. The van der Waals surface area contributed by atoms with Crippen molar-refractivity contribution < 1.29 is 4.79 Å². The molecule has 3 N–H and O–H groups in total. The third kappa shape index (κ3) is 5.80. The van der Waals surface area contributed by atoms with Crippen LogP contribution in [0.5, 0.6) is 0 Å². The number of carbonyl (C=O) groups excluding carboxylic acids is 1. The highest BCUT2D eigenvalue weighted by Crippen LogP contribution is 2.11. The molecule has 1 aromatic rings. The lowest BCUT2D eigenvalue weighted by molar-refractivity contribution is -0.116. The van der Waals surface area contributed by atoms with Crippen molar-refractivity contribution in [2.45, 2.75) is 25.8 Å². The Hall–Kier alpha value is -1.39. The molecule has 0 bridgehead atoms. The number of carbonyl (C=O) groups is 1. The number of nitrogens with one attached hydrogen (secondary N) is 1. The quantitative estimate of drug-likeness (QED) is 0.725. The summed E-state index contributed by atoms with van der Waals surface area (Å²) in [4.78, 5) is 13.7. The van der Waals surface area contributed by atoms with Gasteiger partial charge in [-0.15, -0.1) is 0 Å². The number of nitrogens with two attached hydrogens (primary N) is 1. The van der Waals surface area contributed by atoms with Crippen LogP contribution in [0, 0.1) is 0 Å². The van der Waals surface area contributed by atoms with E-state index in [0.717, 1.165) is 25.1 Å². The lowest BCUT2D eigenvalue weighted by Gasteiger charge is -2.10. The highest BCUT2D eigenvalue weighted by molar-refractivity contribution is 5.90. The zero-order valence-corrected chi connectivity index (χ0v) is 11.3. The largest absolute Gasteiger partial charge is 0.330 e. The van der Waals surface area contributed by atoms with Crippen LogP contribution in [0.25, 0.3) is 0 Å². The van der Waals surface area contributed by atoms with Gasteiger partial charge >= 0.3 is 0 Å². The van der Waals surface area contributed by atoms with Gasteiger partial charge in [-0.25, -0.2) is 0 Å². The Kier molecular flexibility index (Phi) is 6.39. The molecule has 0 saturated carbocycles. The van der Waals surface area contributed by atoms with Crippen molar-refractivity contribution in [1.82, 2.24) is 4.90 Å². The van der Waals surface area contributed by atoms with E-state index in [-0.39, 0.29) is 5.91 Å². The molecule has 1 amide bonds. The summed E-state index contributed by atoms with van der Waals surface area (Å²) in [7, 11) is 4.07. The first-order chi connectivity index (χ1) is 8.61. The topological polar surface area (TPSA) is 58.4 Å². The smallest absolute Gasteiger partial charge is 0.224 e. The molecular formula is C14H23N3O. The van der Waals surface area contributed by atoms with Gasteiger partial charge in [0, 0.05) is 18.7 Å². The van der Waals surface area contributed by atoms with Gasteiger partial charge < -0.3 is 16.0 Å². The minimum Gasteiger partial charge on any atom is -0.330 e. The second-order valence-corrected chi connectivity index (χ2v) is 4.73. The average molecular weight is 249 g/mol. The summed E-state index contributed by atoms with van der Waals surface area (Å²) in [5.74, 6) is 0.0591. The van der Waals surface area contributed by atoms with Gasteiger partial charge in [-0.1, -0.05) is 12.1 Å². The van der Waals surface area contributed by atoms with Gasteiger partial charge in [0.25, 0.3) is 0 Å². The molecule has 0 aliphatic carbocycles. The van der Waals surface area contributed by atoms with Gasteiger partial charge in [-0.3, -0.25) is 4.79 Å². The second kappa shape index (κ2) is 7.84. The van der Waals surface area contributed by atoms with Crippen molar-refractivity contribution in [3.63, 3.8) is 0 Å². The molecule has 0 atom stereocenters. The van der Waals surface area contributed by atoms with E-state index in [9.17, 15) is 4.79 Å². The summed E-state index contributed by atoms with van der Waals surface area (Å²) in [6.07, 6.45) is 2.28. The Labute approximate surface area is 109 Å². The molecule has 4 heteroatoms. The van der Waals surface area contributed by atoms with Crippen LogP contribution in [-0.4, -0.2) is 31.4 Å². The number of nitrogens with zero attached hydrogens (tertiary/aromatic N) is 1. The Morgan fingerprint density at radius 2 is 1.89 bits per heavy atom. The lowest BCUT2D eigenvalue weighted by atomic mass is 10.2. The third-order valence-electron chi connectivity index (χ3n) is 2.59. The van der Waals surface area contributed by atoms with E-state index in [1.165, 1.54) is 5.56 Å². The zero-order valence-electron chi connectivity index (χ0n) is 11.3. The molecule has 0 radical (unpaired) electrons. The van der Waals surface area contributed by atoms with Gasteiger partial charge in [0.1, 0.15) is 0 Å². The molecule has 1 rings (SSSR count). The summed E-state index contributed by atoms with van der Waals surface area (Å²) in [5, 5.41) is 2.89. The molecule has 0 aliphatic rings. The molecule has 0 unspecified atom stereocenters. The van der Waals surface area contributed by atoms with E-state index in [1.807, 2.05) is 38.4 Å². The number of amides is 1. The number of anilines is 1. The minimum atomic E-state index is 0.0591. The number of hydrogen-bond acceptors (Lipinski definition) is 3. The van der Waals surface area contributed by atoms with Gasteiger partial charge in [0.15, 0.2) is 0 Å². The maximum atomic E-state index is 11.6. The van der Waals surface area contributed by atoms with E-state index in [0.29, 0.717) is 13.0 Å². The monoisotopic (exact) mass is 249 g/mol. The first-order valence-corrected chi connectivity index (χ1v) is 6.35. The van der Waals surface area contributed by atoms with Crippen LogP contribution in [0.15, 0.2) is 24.3 Å². The van der Waals surface area contributed by atoms with Gasteiger partial charge in [0.05, 0.1) is 0 Å². The fourth-order valence-electron chi connectivity index (χ4n) is 1.71. The first kappa shape index (κ1) is 14.7. The van der Waals surface area contributed by atoms with Crippen molar-refractivity contribution in [2.24, 2.45) is 5.73 Å². The summed E-state index contributed by atoms with van der Waals surface area (Å²) in [6, 6.07) is 7.96.